The molecule has 0 aliphatic carbocycles. The molecule has 0 amide bonds. The van der Waals surface area contributed by atoms with Crippen molar-refractivity contribution in [1.82, 2.24) is 9.97 Å². The van der Waals surface area contributed by atoms with Gasteiger partial charge in [-0.15, -0.1) is 0 Å². The third kappa shape index (κ3) is 4.98. The summed E-state index contributed by atoms with van der Waals surface area (Å²) in [4.78, 5) is 20.8. The second-order valence-corrected chi connectivity index (χ2v) is 6.43. The van der Waals surface area contributed by atoms with Gasteiger partial charge in [0.15, 0.2) is 5.16 Å². The van der Waals surface area contributed by atoms with Crippen LogP contribution in [-0.2, 0) is 16.0 Å². The number of hydrogen-bond acceptors (Lipinski definition) is 5. The van der Waals surface area contributed by atoms with Crippen LogP contribution in [0.2, 0.25) is 0 Å². The molecule has 0 spiro atoms. The molecule has 7 heteroatoms. The van der Waals surface area contributed by atoms with Gasteiger partial charge in [-0.1, -0.05) is 11.8 Å². The summed E-state index contributed by atoms with van der Waals surface area (Å²) in [6.07, 6.45) is 1.59. The van der Waals surface area contributed by atoms with Gasteiger partial charge in [-0.25, -0.2) is 18.7 Å². The Morgan fingerprint density at radius 2 is 1.88 bits per heavy atom. The van der Waals surface area contributed by atoms with Gasteiger partial charge >= 0.3 is 5.97 Å². The molecular formula is C18H20F2N2O2S. The van der Waals surface area contributed by atoms with Crippen LogP contribution in [0.1, 0.15) is 42.0 Å². The molecule has 2 rings (SSSR count). The van der Waals surface area contributed by atoms with Crippen LogP contribution >= 0.6 is 11.8 Å². The first-order valence-corrected chi connectivity index (χ1v) is 9.06. The molecule has 0 saturated carbocycles. The molecule has 0 aliphatic heterocycles. The molecule has 0 N–H and O–H groups in total. The van der Waals surface area contributed by atoms with Crippen molar-refractivity contribution in [2.24, 2.45) is 0 Å². The third-order valence-corrected chi connectivity index (χ3v) is 4.41. The highest BCUT2D eigenvalue weighted by Crippen LogP contribution is 2.23. The fraction of sp³-hybridized carbons (Fsp3) is 0.389. The molecular weight excluding hydrogens is 346 g/mol. The number of rotatable bonds is 6. The highest BCUT2D eigenvalue weighted by Gasteiger charge is 2.17. The van der Waals surface area contributed by atoms with Crippen molar-refractivity contribution in [3.05, 3.63) is 52.3 Å². The summed E-state index contributed by atoms with van der Waals surface area (Å²) in [6.45, 7) is 5.27. The van der Waals surface area contributed by atoms with E-state index >= 15 is 0 Å². The van der Waals surface area contributed by atoms with E-state index in [0.717, 1.165) is 35.2 Å². The summed E-state index contributed by atoms with van der Waals surface area (Å²) in [5.41, 5.74) is 2.58. The zero-order valence-corrected chi connectivity index (χ0v) is 15.4. The number of benzene rings is 1. The molecule has 1 aromatic heterocycles. The first kappa shape index (κ1) is 19.3. The van der Waals surface area contributed by atoms with Gasteiger partial charge in [0.25, 0.3) is 0 Å². The number of aromatic nitrogens is 2. The van der Waals surface area contributed by atoms with E-state index in [1.54, 1.807) is 0 Å². The zero-order valence-electron chi connectivity index (χ0n) is 14.6. The van der Waals surface area contributed by atoms with Gasteiger partial charge in [0.1, 0.15) is 17.7 Å². The quantitative estimate of drug-likeness (QED) is 0.433. The number of thioether (sulfide) groups is 1. The van der Waals surface area contributed by atoms with E-state index in [1.807, 2.05) is 20.1 Å². The first-order valence-electron chi connectivity index (χ1n) is 7.84. The SMILES string of the molecule is CSc1nc(C)c(CCC(=O)OC(C)c2cc(F)ccc2F)c(C)n1. The smallest absolute Gasteiger partial charge is 0.306 e. The Kier molecular flexibility index (Phi) is 6.47. The summed E-state index contributed by atoms with van der Waals surface area (Å²) in [6, 6.07) is 3.08. The van der Waals surface area contributed by atoms with E-state index in [0.29, 0.717) is 11.6 Å². The molecule has 2 aromatic rings. The second kappa shape index (κ2) is 8.38. The Labute approximate surface area is 150 Å². The molecule has 1 aromatic carbocycles. The van der Waals surface area contributed by atoms with E-state index < -0.39 is 23.7 Å². The summed E-state index contributed by atoms with van der Waals surface area (Å²) in [5, 5.41) is 0.691. The summed E-state index contributed by atoms with van der Waals surface area (Å²) < 4.78 is 32.2. The maximum absolute atomic E-state index is 13.7. The van der Waals surface area contributed by atoms with Crippen molar-refractivity contribution >= 4 is 17.7 Å². The van der Waals surface area contributed by atoms with Crippen molar-refractivity contribution in [1.29, 1.82) is 0 Å². The van der Waals surface area contributed by atoms with Crippen LogP contribution in [-0.4, -0.2) is 22.2 Å². The standard InChI is InChI=1S/C18H20F2N2O2S/c1-10-14(11(2)22-18(21-10)25-4)6-8-17(23)24-12(3)15-9-13(19)5-7-16(15)20/h5,7,9,12H,6,8H2,1-4H3. The third-order valence-electron chi connectivity index (χ3n) is 3.87. The van der Waals surface area contributed by atoms with Crippen LogP contribution in [0.5, 0.6) is 0 Å². The average Bonchev–Trinajstić information content (AvgIpc) is 2.55. The topological polar surface area (TPSA) is 52.1 Å². The maximum Gasteiger partial charge on any atom is 0.306 e. The molecule has 4 nitrogen and oxygen atoms in total. The fourth-order valence-corrected chi connectivity index (χ4v) is 2.99. The van der Waals surface area contributed by atoms with Crippen LogP contribution < -0.4 is 0 Å². The number of esters is 1. The summed E-state index contributed by atoms with van der Waals surface area (Å²) in [7, 11) is 0. The number of hydrogen-bond donors (Lipinski definition) is 0. The molecule has 0 bridgehead atoms. The average molecular weight is 366 g/mol. The van der Waals surface area contributed by atoms with E-state index in [1.165, 1.54) is 18.7 Å². The lowest BCUT2D eigenvalue weighted by atomic mass is 10.1. The normalized spacial score (nSPS) is 12.1. The molecule has 0 radical (unpaired) electrons. The van der Waals surface area contributed by atoms with Gasteiger partial charge in [-0.05, 0) is 57.2 Å². The Morgan fingerprint density at radius 1 is 1.24 bits per heavy atom. The van der Waals surface area contributed by atoms with E-state index in [2.05, 4.69) is 9.97 Å². The van der Waals surface area contributed by atoms with Crippen LogP contribution in [0.15, 0.2) is 23.4 Å². The monoisotopic (exact) mass is 366 g/mol. The predicted molar refractivity (Wildman–Crippen MR) is 92.5 cm³/mol. The van der Waals surface area contributed by atoms with Gasteiger partial charge < -0.3 is 4.74 Å². The molecule has 1 unspecified atom stereocenters. The lowest BCUT2D eigenvalue weighted by Gasteiger charge is -2.15. The Bertz CT molecular complexity index is 761. The molecule has 0 saturated heterocycles. The molecule has 25 heavy (non-hydrogen) atoms. The number of nitrogens with zero attached hydrogens (tertiary/aromatic N) is 2. The van der Waals surface area contributed by atoms with Gasteiger partial charge in [0.05, 0.1) is 0 Å². The molecule has 0 fully saturated rings. The Hall–Kier alpha value is -2.02. The van der Waals surface area contributed by atoms with Crippen molar-refractivity contribution < 1.29 is 18.3 Å². The minimum Gasteiger partial charge on any atom is -0.458 e. The van der Waals surface area contributed by atoms with E-state index in [9.17, 15) is 13.6 Å². The Balaban J connectivity index is 2.00. The van der Waals surface area contributed by atoms with Crippen LogP contribution in [0.25, 0.3) is 0 Å². The second-order valence-electron chi connectivity index (χ2n) is 5.66. The summed E-state index contributed by atoms with van der Waals surface area (Å²) in [5.74, 6) is -1.66. The number of carbonyl (C=O) groups is 1. The minimum atomic E-state index is -0.861. The zero-order chi connectivity index (χ0) is 18.6. The fourth-order valence-electron chi connectivity index (χ4n) is 2.53. The number of carbonyl (C=O) groups excluding carboxylic acids is 1. The van der Waals surface area contributed by atoms with Crippen molar-refractivity contribution in [2.45, 2.75) is 44.9 Å². The van der Waals surface area contributed by atoms with Gasteiger partial charge in [-0.2, -0.15) is 0 Å². The largest absolute Gasteiger partial charge is 0.458 e. The van der Waals surface area contributed by atoms with Crippen molar-refractivity contribution in [3.63, 3.8) is 0 Å². The van der Waals surface area contributed by atoms with Crippen LogP contribution in [0.3, 0.4) is 0 Å². The van der Waals surface area contributed by atoms with Crippen LogP contribution in [0, 0.1) is 25.5 Å². The maximum atomic E-state index is 13.7. The number of ether oxygens (including phenoxy) is 1. The van der Waals surface area contributed by atoms with Gasteiger partial charge in [0.2, 0.25) is 0 Å². The highest BCUT2D eigenvalue weighted by atomic mass is 32.2. The lowest BCUT2D eigenvalue weighted by Crippen LogP contribution is -2.12. The van der Waals surface area contributed by atoms with E-state index in [4.69, 9.17) is 4.74 Å². The number of halogens is 2. The number of aryl methyl sites for hydroxylation is 2. The van der Waals surface area contributed by atoms with E-state index in [-0.39, 0.29) is 12.0 Å². The molecule has 1 atom stereocenters. The Morgan fingerprint density at radius 3 is 2.48 bits per heavy atom. The molecule has 134 valence electrons. The van der Waals surface area contributed by atoms with Gasteiger partial charge in [0, 0.05) is 23.4 Å². The minimum absolute atomic E-state index is 0.0216. The van der Waals surface area contributed by atoms with Crippen LogP contribution in [0.4, 0.5) is 8.78 Å². The lowest BCUT2D eigenvalue weighted by molar-refractivity contribution is -0.148. The van der Waals surface area contributed by atoms with Crippen molar-refractivity contribution in [2.75, 3.05) is 6.26 Å². The van der Waals surface area contributed by atoms with Gasteiger partial charge in [-0.3, -0.25) is 4.79 Å². The predicted octanol–water partition coefficient (Wildman–Crippen LogP) is 4.33. The highest BCUT2D eigenvalue weighted by molar-refractivity contribution is 7.98. The first-order chi connectivity index (χ1) is 11.8. The van der Waals surface area contributed by atoms with Crippen molar-refractivity contribution in [3.8, 4) is 0 Å². The molecule has 1 heterocycles. The molecule has 0 aliphatic rings. The summed E-state index contributed by atoms with van der Waals surface area (Å²) >= 11 is 1.46.